The Morgan fingerprint density at radius 3 is 2.82 bits per heavy atom. The number of halogens is 1. The number of hydrogen-bond acceptors (Lipinski definition) is 5. The third-order valence-corrected chi connectivity index (χ3v) is 3.46. The second-order valence-corrected chi connectivity index (χ2v) is 5.20. The maximum absolute atomic E-state index is 5.35. The summed E-state index contributed by atoms with van der Waals surface area (Å²) in [5, 5.41) is 3.36. The quantitative estimate of drug-likeness (QED) is 0.928. The van der Waals surface area contributed by atoms with Crippen molar-refractivity contribution >= 4 is 21.9 Å². The van der Waals surface area contributed by atoms with Crippen molar-refractivity contribution in [3.63, 3.8) is 0 Å². The lowest BCUT2D eigenvalue weighted by molar-refractivity contribution is 0.0656. The zero-order valence-corrected chi connectivity index (χ0v) is 11.6. The van der Waals surface area contributed by atoms with Gasteiger partial charge >= 0.3 is 0 Å². The van der Waals surface area contributed by atoms with E-state index in [4.69, 9.17) is 9.47 Å². The standard InChI is InChI=1S/C11H16BrN3O2/c1-11(3-5-17-6-4-11)15-10-13-7-8(12)9(14-10)16-2/h7H,3-6H2,1-2H3,(H,13,14,15). The first-order valence-electron chi connectivity index (χ1n) is 5.55. The second kappa shape index (κ2) is 5.18. The zero-order valence-electron chi connectivity index (χ0n) is 9.99. The molecule has 1 aromatic rings. The van der Waals surface area contributed by atoms with E-state index in [9.17, 15) is 0 Å². The summed E-state index contributed by atoms with van der Waals surface area (Å²) in [6.45, 7) is 3.71. The number of nitrogens with zero attached hydrogens (tertiary/aromatic N) is 2. The van der Waals surface area contributed by atoms with Crippen molar-refractivity contribution in [1.29, 1.82) is 0 Å². The van der Waals surface area contributed by atoms with Gasteiger partial charge in [0.05, 0.1) is 17.8 Å². The maximum Gasteiger partial charge on any atom is 0.232 e. The Bertz CT molecular complexity index is 394. The molecule has 0 aliphatic carbocycles. The topological polar surface area (TPSA) is 56.3 Å². The molecule has 5 nitrogen and oxygen atoms in total. The average molecular weight is 302 g/mol. The van der Waals surface area contributed by atoms with E-state index in [0.717, 1.165) is 30.5 Å². The van der Waals surface area contributed by atoms with Crippen LogP contribution in [0, 0.1) is 0 Å². The first kappa shape index (κ1) is 12.6. The Labute approximate surface area is 109 Å². The Kier molecular flexibility index (Phi) is 3.83. The van der Waals surface area contributed by atoms with Gasteiger partial charge in [0.25, 0.3) is 0 Å². The average Bonchev–Trinajstić information content (AvgIpc) is 2.32. The lowest BCUT2D eigenvalue weighted by Gasteiger charge is -2.34. The third kappa shape index (κ3) is 3.07. The molecule has 17 heavy (non-hydrogen) atoms. The number of aromatic nitrogens is 2. The van der Waals surface area contributed by atoms with Crippen LogP contribution in [-0.4, -0.2) is 35.8 Å². The van der Waals surface area contributed by atoms with Gasteiger partial charge in [0.15, 0.2) is 0 Å². The SMILES string of the molecule is COc1nc(NC2(C)CCOCC2)ncc1Br. The van der Waals surface area contributed by atoms with Gasteiger partial charge in [-0.25, -0.2) is 4.98 Å². The van der Waals surface area contributed by atoms with Gasteiger partial charge < -0.3 is 14.8 Å². The Hall–Kier alpha value is -0.880. The summed E-state index contributed by atoms with van der Waals surface area (Å²) in [6, 6.07) is 0. The highest BCUT2D eigenvalue weighted by Crippen LogP contribution is 2.26. The van der Waals surface area contributed by atoms with Crippen LogP contribution in [0.1, 0.15) is 19.8 Å². The van der Waals surface area contributed by atoms with Gasteiger partial charge in [-0.1, -0.05) is 0 Å². The second-order valence-electron chi connectivity index (χ2n) is 4.35. The van der Waals surface area contributed by atoms with E-state index < -0.39 is 0 Å². The van der Waals surface area contributed by atoms with Crippen LogP contribution in [0.5, 0.6) is 5.88 Å². The fourth-order valence-electron chi connectivity index (χ4n) is 1.77. The molecule has 94 valence electrons. The van der Waals surface area contributed by atoms with Crippen molar-refractivity contribution in [3.8, 4) is 5.88 Å². The molecule has 0 unspecified atom stereocenters. The normalized spacial score (nSPS) is 18.8. The number of hydrogen-bond donors (Lipinski definition) is 1. The van der Waals surface area contributed by atoms with E-state index >= 15 is 0 Å². The summed E-state index contributed by atoms with van der Waals surface area (Å²) < 4.78 is 11.3. The van der Waals surface area contributed by atoms with E-state index in [-0.39, 0.29) is 5.54 Å². The van der Waals surface area contributed by atoms with Gasteiger partial charge in [0.1, 0.15) is 0 Å². The van der Waals surface area contributed by atoms with Crippen LogP contribution >= 0.6 is 15.9 Å². The Morgan fingerprint density at radius 2 is 2.18 bits per heavy atom. The molecule has 1 aliphatic rings. The fraction of sp³-hybridized carbons (Fsp3) is 0.636. The number of nitrogens with one attached hydrogen (secondary N) is 1. The van der Waals surface area contributed by atoms with Crippen LogP contribution in [0.2, 0.25) is 0 Å². The van der Waals surface area contributed by atoms with E-state index in [2.05, 4.69) is 38.1 Å². The first-order chi connectivity index (χ1) is 8.13. The van der Waals surface area contributed by atoms with E-state index in [1.165, 1.54) is 0 Å². The summed E-state index contributed by atoms with van der Waals surface area (Å²) in [4.78, 5) is 8.53. The monoisotopic (exact) mass is 301 g/mol. The molecule has 1 saturated heterocycles. The molecule has 0 atom stereocenters. The molecule has 6 heteroatoms. The Balaban J connectivity index is 2.12. The molecule has 1 N–H and O–H groups in total. The molecule has 0 amide bonds. The predicted molar refractivity (Wildman–Crippen MR) is 68.4 cm³/mol. The Morgan fingerprint density at radius 1 is 1.47 bits per heavy atom. The van der Waals surface area contributed by atoms with Gasteiger partial charge in [-0.2, -0.15) is 4.98 Å². The summed E-state index contributed by atoms with van der Waals surface area (Å²) in [5.41, 5.74) is -0.00289. The molecule has 2 rings (SSSR count). The lowest BCUT2D eigenvalue weighted by atomic mass is 9.93. The highest BCUT2D eigenvalue weighted by molar-refractivity contribution is 9.10. The minimum absolute atomic E-state index is 0.00289. The lowest BCUT2D eigenvalue weighted by Crippen LogP contribution is -2.41. The number of methoxy groups -OCH3 is 1. The molecule has 0 spiro atoms. The first-order valence-corrected chi connectivity index (χ1v) is 6.35. The van der Waals surface area contributed by atoms with Crippen molar-refractivity contribution < 1.29 is 9.47 Å². The van der Waals surface area contributed by atoms with Crippen molar-refractivity contribution in [2.45, 2.75) is 25.3 Å². The van der Waals surface area contributed by atoms with Gasteiger partial charge in [-0.15, -0.1) is 0 Å². The van der Waals surface area contributed by atoms with Crippen LogP contribution in [0.25, 0.3) is 0 Å². The largest absolute Gasteiger partial charge is 0.480 e. The fourth-order valence-corrected chi connectivity index (χ4v) is 2.12. The minimum Gasteiger partial charge on any atom is -0.480 e. The van der Waals surface area contributed by atoms with Crippen molar-refractivity contribution in [2.24, 2.45) is 0 Å². The summed E-state index contributed by atoms with van der Waals surface area (Å²) >= 11 is 3.33. The van der Waals surface area contributed by atoms with Crippen LogP contribution in [0.15, 0.2) is 10.7 Å². The van der Waals surface area contributed by atoms with Gasteiger partial charge in [-0.3, -0.25) is 0 Å². The number of rotatable bonds is 3. The molecule has 1 aromatic heterocycles. The highest BCUT2D eigenvalue weighted by atomic mass is 79.9. The summed E-state index contributed by atoms with van der Waals surface area (Å²) in [6.07, 6.45) is 3.60. The molecule has 0 aromatic carbocycles. The molecule has 1 fully saturated rings. The zero-order chi connectivity index (χ0) is 12.3. The van der Waals surface area contributed by atoms with Crippen molar-refractivity contribution in [1.82, 2.24) is 9.97 Å². The van der Waals surface area contributed by atoms with Gasteiger partial charge in [0, 0.05) is 18.8 Å². The van der Waals surface area contributed by atoms with E-state index in [1.807, 2.05) is 0 Å². The number of ether oxygens (including phenoxy) is 2. The molecule has 0 radical (unpaired) electrons. The molecule has 0 saturated carbocycles. The van der Waals surface area contributed by atoms with Crippen LogP contribution in [0.3, 0.4) is 0 Å². The van der Waals surface area contributed by atoms with Crippen LogP contribution in [-0.2, 0) is 4.74 Å². The molecular formula is C11H16BrN3O2. The number of anilines is 1. The smallest absolute Gasteiger partial charge is 0.232 e. The van der Waals surface area contributed by atoms with Crippen molar-refractivity contribution in [3.05, 3.63) is 10.7 Å². The van der Waals surface area contributed by atoms with Gasteiger partial charge in [-0.05, 0) is 35.7 Å². The summed E-state index contributed by atoms with van der Waals surface area (Å²) in [7, 11) is 1.59. The molecule has 0 bridgehead atoms. The highest BCUT2D eigenvalue weighted by Gasteiger charge is 2.28. The van der Waals surface area contributed by atoms with Crippen LogP contribution in [0.4, 0.5) is 5.95 Å². The maximum atomic E-state index is 5.35. The predicted octanol–water partition coefficient (Wildman–Crippen LogP) is 2.23. The summed E-state index contributed by atoms with van der Waals surface area (Å²) in [5.74, 6) is 1.13. The minimum atomic E-state index is -0.00289. The van der Waals surface area contributed by atoms with Crippen molar-refractivity contribution in [2.75, 3.05) is 25.6 Å². The van der Waals surface area contributed by atoms with E-state index in [1.54, 1.807) is 13.3 Å². The van der Waals surface area contributed by atoms with Crippen LogP contribution < -0.4 is 10.1 Å². The molecular weight excluding hydrogens is 286 g/mol. The molecule has 2 heterocycles. The van der Waals surface area contributed by atoms with E-state index in [0.29, 0.717) is 11.8 Å². The van der Waals surface area contributed by atoms with Gasteiger partial charge in [0.2, 0.25) is 11.8 Å². The third-order valence-electron chi connectivity index (χ3n) is 2.92. The molecule has 1 aliphatic heterocycles.